The first-order valence-electron chi connectivity index (χ1n) is 7.39. The number of benzene rings is 1. The van der Waals surface area contributed by atoms with E-state index in [1.807, 2.05) is 30.3 Å². The van der Waals surface area contributed by atoms with Gasteiger partial charge in [-0.05, 0) is 12.0 Å². The zero-order valence-corrected chi connectivity index (χ0v) is 14.7. The predicted octanol–water partition coefficient (Wildman–Crippen LogP) is 1.87. The molecular formula is C16H22O5S2. The second kappa shape index (κ2) is 9.08. The topological polar surface area (TPSA) is 88.5 Å². The number of ketones is 1. The minimum atomic E-state index is -3.45. The van der Waals surface area contributed by atoms with Gasteiger partial charge in [-0.1, -0.05) is 37.3 Å². The summed E-state index contributed by atoms with van der Waals surface area (Å²) in [6.07, 6.45) is 0.183. The smallest absolute Gasteiger partial charge is 0.307 e. The Morgan fingerprint density at radius 1 is 1.17 bits per heavy atom. The van der Waals surface area contributed by atoms with E-state index in [1.165, 1.54) is 6.92 Å². The van der Waals surface area contributed by atoms with E-state index in [2.05, 4.69) is 12.6 Å². The average molecular weight is 358 g/mol. The molecule has 1 aromatic carbocycles. The third-order valence-corrected chi connectivity index (χ3v) is 5.92. The molecule has 1 rings (SSSR count). The van der Waals surface area contributed by atoms with Crippen LogP contribution in [0.3, 0.4) is 0 Å². The first-order valence-corrected chi connectivity index (χ1v) is 9.85. The Bertz CT molecular complexity index is 625. The molecule has 128 valence electrons. The quantitative estimate of drug-likeness (QED) is 0.623. The summed E-state index contributed by atoms with van der Waals surface area (Å²) in [6, 6.07) is 9.38. The fourth-order valence-electron chi connectivity index (χ4n) is 2.23. The lowest BCUT2D eigenvalue weighted by Crippen LogP contribution is -2.30. The summed E-state index contributed by atoms with van der Waals surface area (Å²) in [5.41, 5.74) is 0.966. The van der Waals surface area contributed by atoms with Gasteiger partial charge in [-0.15, -0.1) is 0 Å². The molecule has 0 spiro atoms. The molecule has 1 aromatic rings. The number of carboxylic acid groups (broad SMARTS) is 1. The lowest BCUT2D eigenvalue weighted by Gasteiger charge is -2.17. The Hall–Kier alpha value is -1.34. The molecule has 5 nitrogen and oxygen atoms in total. The Balaban J connectivity index is 2.77. The van der Waals surface area contributed by atoms with E-state index < -0.39 is 33.4 Å². The predicted molar refractivity (Wildman–Crippen MR) is 92.6 cm³/mol. The van der Waals surface area contributed by atoms with Gasteiger partial charge in [0.25, 0.3) is 0 Å². The van der Waals surface area contributed by atoms with E-state index >= 15 is 0 Å². The van der Waals surface area contributed by atoms with Crippen molar-refractivity contribution in [1.82, 2.24) is 0 Å². The molecule has 0 heterocycles. The van der Waals surface area contributed by atoms with E-state index in [-0.39, 0.29) is 18.0 Å². The van der Waals surface area contributed by atoms with Crippen LogP contribution in [-0.2, 0) is 25.8 Å². The van der Waals surface area contributed by atoms with Crippen molar-refractivity contribution < 1.29 is 23.1 Å². The van der Waals surface area contributed by atoms with Crippen LogP contribution >= 0.6 is 12.6 Å². The second-order valence-electron chi connectivity index (χ2n) is 5.47. The second-order valence-corrected chi connectivity index (χ2v) is 8.24. The van der Waals surface area contributed by atoms with E-state index in [0.29, 0.717) is 12.2 Å². The molecule has 0 amide bonds. The molecule has 2 unspecified atom stereocenters. The van der Waals surface area contributed by atoms with Gasteiger partial charge in [-0.25, -0.2) is 8.42 Å². The fraction of sp³-hybridized carbons (Fsp3) is 0.500. The van der Waals surface area contributed by atoms with Crippen LogP contribution in [0.5, 0.6) is 0 Å². The molecular weight excluding hydrogens is 336 g/mol. The summed E-state index contributed by atoms with van der Waals surface area (Å²) in [4.78, 5) is 23.6. The molecule has 7 heteroatoms. The number of aliphatic carboxylic acids is 1. The summed E-state index contributed by atoms with van der Waals surface area (Å²) in [5, 5.41) is 9.19. The SMILES string of the molecule is CCS(=O)(=O)CC(CC(=O)C(CS)Cc1ccccc1)C(=O)O. The zero-order chi connectivity index (χ0) is 17.5. The molecule has 1 N–H and O–H groups in total. The summed E-state index contributed by atoms with van der Waals surface area (Å²) in [7, 11) is -3.45. The number of carbonyl (C=O) groups excluding carboxylic acids is 1. The number of Topliss-reactive ketones (excluding diaryl/α,β-unsaturated/α-hetero) is 1. The van der Waals surface area contributed by atoms with E-state index in [4.69, 9.17) is 0 Å². The van der Waals surface area contributed by atoms with Crippen molar-refractivity contribution in [3.8, 4) is 0 Å². The molecule has 0 aliphatic rings. The van der Waals surface area contributed by atoms with Gasteiger partial charge < -0.3 is 5.11 Å². The van der Waals surface area contributed by atoms with Crippen molar-refractivity contribution in [3.05, 3.63) is 35.9 Å². The van der Waals surface area contributed by atoms with Gasteiger partial charge in [-0.3, -0.25) is 9.59 Å². The Labute approximate surface area is 142 Å². The van der Waals surface area contributed by atoms with Gasteiger partial charge >= 0.3 is 5.97 Å². The Morgan fingerprint density at radius 2 is 1.78 bits per heavy atom. The minimum absolute atomic E-state index is 0.134. The van der Waals surface area contributed by atoms with Crippen LogP contribution in [0.4, 0.5) is 0 Å². The standard InChI is InChI=1S/C16H22O5S2/c1-2-23(20,21)11-14(16(18)19)9-15(17)13(10-22)8-12-6-4-3-5-7-12/h3-7,13-14,22H,2,8-11H2,1H3,(H,18,19). The van der Waals surface area contributed by atoms with E-state index in [9.17, 15) is 23.1 Å². The van der Waals surface area contributed by atoms with Gasteiger partial charge in [0.2, 0.25) is 0 Å². The van der Waals surface area contributed by atoms with Crippen LogP contribution < -0.4 is 0 Å². The Kier molecular flexibility index (Phi) is 7.78. The van der Waals surface area contributed by atoms with Gasteiger partial charge in [0, 0.05) is 23.8 Å². The normalized spacial score (nSPS) is 14.2. The molecule has 0 aliphatic heterocycles. The maximum absolute atomic E-state index is 12.4. The van der Waals surface area contributed by atoms with Crippen molar-refractivity contribution in [2.75, 3.05) is 17.3 Å². The number of rotatable bonds is 10. The number of thiol groups is 1. The third kappa shape index (κ3) is 6.74. The molecule has 0 saturated heterocycles. The maximum atomic E-state index is 12.4. The molecule has 0 radical (unpaired) electrons. The van der Waals surface area contributed by atoms with Crippen LogP contribution in [-0.4, -0.2) is 42.5 Å². The lowest BCUT2D eigenvalue weighted by molar-refractivity contribution is -0.143. The minimum Gasteiger partial charge on any atom is -0.481 e. The summed E-state index contributed by atoms with van der Waals surface area (Å²) in [6.45, 7) is 1.46. The van der Waals surface area contributed by atoms with Gasteiger partial charge in [0.05, 0.1) is 11.7 Å². The van der Waals surface area contributed by atoms with Crippen molar-refractivity contribution >= 4 is 34.2 Å². The van der Waals surface area contributed by atoms with Crippen LogP contribution in [0.2, 0.25) is 0 Å². The number of hydrogen-bond donors (Lipinski definition) is 2. The molecule has 0 aromatic heterocycles. The highest BCUT2D eigenvalue weighted by molar-refractivity contribution is 7.91. The zero-order valence-electron chi connectivity index (χ0n) is 13.0. The lowest BCUT2D eigenvalue weighted by atomic mass is 9.91. The highest BCUT2D eigenvalue weighted by Gasteiger charge is 2.29. The van der Waals surface area contributed by atoms with Crippen LogP contribution in [0.1, 0.15) is 18.9 Å². The van der Waals surface area contributed by atoms with Crippen LogP contribution in [0, 0.1) is 11.8 Å². The van der Waals surface area contributed by atoms with Gasteiger partial charge in [0.15, 0.2) is 9.84 Å². The van der Waals surface area contributed by atoms with E-state index in [1.54, 1.807) is 0 Å². The van der Waals surface area contributed by atoms with E-state index in [0.717, 1.165) is 5.56 Å². The van der Waals surface area contributed by atoms with Crippen LogP contribution in [0.15, 0.2) is 30.3 Å². The Morgan fingerprint density at radius 3 is 2.26 bits per heavy atom. The first-order chi connectivity index (χ1) is 10.8. The molecule has 23 heavy (non-hydrogen) atoms. The van der Waals surface area contributed by atoms with Crippen molar-refractivity contribution in [2.45, 2.75) is 19.8 Å². The number of carboxylic acids is 1. The summed E-state index contributed by atoms with van der Waals surface area (Å²) < 4.78 is 23.3. The van der Waals surface area contributed by atoms with Gasteiger partial charge in [0.1, 0.15) is 5.78 Å². The van der Waals surface area contributed by atoms with Gasteiger partial charge in [-0.2, -0.15) is 12.6 Å². The van der Waals surface area contributed by atoms with Crippen molar-refractivity contribution in [2.24, 2.45) is 11.8 Å². The monoisotopic (exact) mass is 358 g/mol. The number of carbonyl (C=O) groups is 2. The summed E-state index contributed by atoms with van der Waals surface area (Å²) in [5.74, 6) is -3.49. The molecule has 0 aliphatic carbocycles. The molecule has 0 fully saturated rings. The van der Waals surface area contributed by atoms with Crippen molar-refractivity contribution in [3.63, 3.8) is 0 Å². The highest BCUT2D eigenvalue weighted by Crippen LogP contribution is 2.18. The fourth-order valence-corrected chi connectivity index (χ4v) is 3.67. The third-order valence-electron chi connectivity index (χ3n) is 3.69. The molecule has 0 saturated carbocycles. The number of sulfone groups is 1. The maximum Gasteiger partial charge on any atom is 0.307 e. The largest absolute Gasteiger partial charge is 0.481 e. The van der Waals surface area contributed by atoms with Crippen molar-refractivity contribution in [1.29, 1.82) is 0 Å². The summed E-state index contributed by atoms with van der Waals surface area (Å²) >= 11 is 4.18. The first kappa shape index (κ1) is 19.7. The number of hydrogen-bond acceptors (Lipinski definition) is 5. The van der Waals surface area contributed by atoms with Crippen LogP contribution in [0.25, 0.3) is 0 Å². The highest BCUT2D eigenvalue weighted by atomic mass is 32.2. The molecule has 2 atom stereocenters. The molecule has 0 bridgehead atoms. The average Bonchev–Trinajstić information content (AvgIpc) is 2.52.